The molecule has 0 aliphatic carbocycles. The van der Waals surface area contributed by atoms with Crippen LogP contribution in [-0.4, -0.2) is 11.6 Å². The van der Waals surface area contributed by atoms with Crippen LogP contribution in [0, 0.1) is 5.92 Å². The van der Waals surface area contributed by atoms with Crippen molar-refractivity contribution < 1.29 is 9.59 Å². The summed E-state index contributed by atoms with van der Waals surface area (Å²) in [6.07, 6.45) is 11.1. The van der Waals surface area contributed by atoms with E-state index in [1.807, 2.05) is 82.3 Å². The molecule has 0 heterocycles. The summed E-state index contributed by atoms with van der Waals surface area (Å²) in [6.45, 7) is 26.0. The number of hydrogen-bond acceptors (Lipinski definition) is 2. The maximum atomic E-state index is 12.4. The molecule has 0 amide bonds. The quantitative estimate of drug-likeness (QED) is 0.187. The summed E-state index contributed by atoms with van der Waals surface area (Å²) >= 11 is 0. The fourth-order valence-corrected chi connectivity index (χ4v) is 2.94. The molecular formula is C36H56O2. The third kappa shape index (κ3) is 23.4. The molecule has 38 heavy (non-hydrogen) atoms. The van der Waals surface area contributed by atoms with Gasteiger partial charge in [-0.1, -0.05) is 152 Å². The minimum Gasteiger partial charge on any atom is -0.300 e. The van der Waals surface area contributed by atoms with Crippen molar-refractivity contribution in [2.75, 3.05) is 0 Å². The third-order valence-electron chi connectivity index (χ3n) is 4.66. The van der Waals surface area contributed by atoms with Crippen LogP contribution in [0.15, 0.2) is 90.6 Å². The minimum atomic E-state index is 0.0594. The van der Waals surface area contributed by atoms with Crippen LogP contribution in [0.1, 0.15) is 117 Å². The van der Waals surface area contributed by atoms with Gasteiger partial charge in [0.05, 0.1) is 0 Å². The number of ketones is 2. The fourth-order valence-electron chi connectivity index (χ4n) is 2.94. The van der Waals surface area contributed by atoms with E-state index in [0.717, 1.165) is 29.5 Å². The van der Waals surface area contributed by atoms with Gasteiger partial charge in [-0.05, 0) is 52.0 Å². The van der Waals surface area contributed by atoms with Crippen molar-refractivity contribution in [3.05, 3.63) is 107 Å². The smallest absolute Gasteiger partial charge is 0.193 e. The van der Waals surface area contributed by atoms with E-state index in [2.05, 4.69) is 59.4 Å². The highest BCUT2D eigenvalue weighted by Crippen LogP contribution is 2.14. The second kappa shape index (κ2) is 27.0. The van der Waals surface area contributed by atoms with Crippen LogP contribution in [0.5, 0.6) is 0 Å². The SMILES string of the molecule is C=C(/C=C/CC(C)C=C(C)C)Cc1ccc(C(=O)c2ccccc2)cc1.CC.CC.CC(C)=O.CCCC. The molecule has 2 nitrogen and oxygen atoms in total. The van der Waals surface area contributed by atoms with Crippen LogP contribution in [-0.2, 0) is 11.2 Å². The zero-order chi connectivity index (χ0) is 29.9. The number of benzene rings is 2. The van der Waals surface area contributed by atoms with Gasteiger partial charge in [-0.3, -0.25) is 4.79 Å². The lowest BCUT2D eigenvalue weighted by Gasteiger charge is -2.05. The van der Waals surface area contributed by atoms with E-state index in [0.29, 0.717) is 5.92 Å². The van der Waals surface area contributed by atoms with Gasteiger partial charge >= 0.3 is 0 Å². The van der Waals surface area contributed by atoms with Gasteiger partial charge in [-0.15, -0.1) is 0 Å². The highest BCUT2D eigenvalue weighted by atomic mass is 16.1. The molecule has 0 saturated heterocycles. The number of hydrogen-bond donors (Lipinski definition) is 0. The maximum Gasteiger partial charge on any atom is 0.193 e. The van der Waals surface area contributed by atoms with Gasteiger partial charge in [-0.2, -0.15) is 0 Å². The Bertz CT molecular complexity index is 906. The molecule has 0 spiro atoms. The van der Waals surface area contributed by atoms with Gasteiger partial charge in [0, 0.05) is 11.1 Å². The summed E-state index contributed by atoms with van der Waals surface area (Å²) in [6, 6.07) is 17.2. The fraction of sp³-hybridized carbons (Fsp3) is 0.444. The number of carbonyl (C=O) groups is 2. The Kier molecular flexibility index (Phi) is 28.1. The molecule has 0 saturated carbocycles. The molecule has 2 aromatic carbocycles. The number of carbonyl (C=O) groups excluding carboxylic acids is 2. The zero-order valence-electron chi connectivity index (χ0n) is 26.4. The molecule has 0 aliphatic heterocycles. The third-order valence-corrected chi connectivity index (χ3v) is 4.66. The first-order valence-electron chi connectivity index (χ1n) is 14.3. The highest BCUT2D eigenvalue weighted by Gasteiger charge is 2.08. The minimum absolute atomic E-state index is 0.0594. The van der Waals surface area contributed by atoms with Gasteiger partial charge in [-0.25, -0.2) is 0 Å². The summed E-state index contributed by atoms with van der Waals surface area (Å²) in [4.78, 5) is 21.9. The Morgan fingerprint density at radius 2 is 1.24 bits per heavy atom. The average Bonchev–Trinajstić information content (AvgIpc) is 2.91. The van der Waals surface area contributed by atoms with Crippen LogP contribution in [0.4, 0.5) is 0 Å². The van der Waals surface area contributed by atoms with Crippen molar-refractivity contribution in [3.8, 4) is 0 Å². The molecular weight excluding hydrogens is 464 g/mol. The molecule has 0 radical (unpaired) electrons. The van der Waals surface area contributed by atoms with Crippen LogP contribution in [0.2, 0.25) is 0 Å². The predicted molar refractivity (Wildman–Crippen MR) is 171 cm³/mol. The summed E-state index contributed by atoms with van der Waals surface area (Å²) in [5, 5.41) is 0. The molecule has 212 valence electrons. The predicted octanol–water partition coefficient (Wildman–Crippen LogP) is 11.0. The van der Waals surface area contributed by atoms with Crippen LogP contribution in [0.25, 0.3) is 0 Å². The Labute approximate surface area is 236 Å². The second-order valence-corrected chi connectivity index (χ2v) is 8.99. The lowest BCUT2D eigenvalue weighted by atomic mass is 9.99. The van der Waals surface area contributed by atoms with Crippen molar-refractivity contribution in [2.24, 2.45) is 5.92 Å². The van der Waals surface area contributed by atoms with Gasteiger partial charge < -0.3 is 4.79 Å². The molecule has 1 unspecified atom stereocenters. The number of Topliss-reactive ketones (excluding diaryl/α,β-unsaturated/α-hetero) is 1. The van der Waals surface area contributed by atoms with Gasteiger partial charge in [0.15, 0.2) is 5.78 Å². The average molecular weight is 521 g/mol. The summed E-state index contributed by atoms with van der Waals surface area (Å²) in [7, 11) is 0. The highest BCUT2D eigenvalue weighted by molar-refractivity contribution is 6.08. The Morgan fingerprint density at radius 3 is 1.66 bits per heavy atom. The lowest BCUT2D eigenvalue weighted by molar-refractivity contribution is -0.115. The first-order valence-corrected chi connectivity index (χ1v) is 14.3. The normalized spacial score (nSPS) is 9.97. The molecule has 0 aromatic heterocycles. The molecule has 0 bridgehead atoms. The van der Waals surface area contributed by atoms with Gasteiger partial charge in [0.1, 0.15) is 5.78 Å². The zero-order valence-corrected chi connectivity index (χ0v) is 26.4. The Morgan fingerprint density at radius 1 is 0.789 bits per heavy atom. The summed E-state index contributed by atoms with van der Waals surface area (Å²) in [5.41, 5.74) is 5.04. The van der Waals surface area contributed by atoms with Gasteiger partial charge in [0.2, 0.25) is 0 Å². The monoisotopic (exact) mass is 520 g/mol. The van der Waals surface area contributed by atoms with Crippen LogP contribution in [0.3, 0.4) is 0 Å². The van der Waals surface area contributed by atoms with Crippen LogP contribution < -0.4 is 0 Å². The van der Waals surface area contributed by atoms with E-state index in [9.17, 15) is 9.59 Å². The molecule has 2 heteroatoms. The molecule has 2 aromatic rings. The topological polar surface area (TPSA) is 34.1 Å². The maximum absolute atomic E-state index is 12.4. The Hall–Kier alpha value is -3.00. The lowest BCUT2D eigenvalue weighted by Crippen LogP contribution is -2.01. The second-order valence-electron chi connectivity index (χ2n) is 8.99. The van der Waals surface area contributed by atoms with E-state index in [1.165, 1.54) is 37.8 Å². The van der Waals surface area contributed by atoms with E-state index in [1.54, 1.807) is 0 Å². The number of allylic oxidation sites excluding steroid dienone is 5. The molecule has 2 rings (SSSR count). The molecule has 0 N–H and O–H groups in total. The largest absolute Gasteiger partial charge is 0.300 e. The van der Waals surface area contributed by atoms with Crippen molar-refractivity contribution >= 4 is 11.6 Å². The van der Waals surface area contributed by atoms with Gasteiger partial charge in [0.25, 0.3) is 0 Å². The first kappa shape index (κ1) is 39.5. The summed E-state index contributed by atoms with van der Waals surface area (Å²) in [5.74, 6) is 0.775. The van der Waals surface area contributed by atoms with E-state index in [-0.39, 0.29) is 11.6 Å². The first-order chi connectivity index (χ1) is 18.1. The van der Waals surface area contributed by atoms with E-state index >= 15 is 0 Å². The van der Waals surface area contributed by atoms with Crippen molar-refractivity contribution in [1.82, 2.24) is 0 Å². The van der Waals surface area contributed by atoms with E-state index < -0.39 is 0 Å². The number of rotatable bonds is 9. The molecule has 1 atom stereocenters. The Balaban J connectivity index is -0.000000869. The van der Waals surface area contributed by atoms with Crippen LogP contribution >= 0.6 is 0 Å². The summed E-state index contributed by atoms with van der Waals surface area (Å²) < 4.78 is 0. The van der Waals surface area contributed by atoms with Crippen molar-refractivity contribution in [3.63, 3.8) is 0 Å². The van der Waals surface area contributed by atoms with E-state index in [4.69, 9.17) is 0 Å². The molecule has 0 aliphatic rings. The standard InChI is InChI=1S/C25H28O.C4H10.C3H6O.2C2H6/c1-19(2)17-20(3)9-8-10-21(4)18-22-13-15-24(16-14-22)25(26)23-11-6-5-7-12-23;1-3-4-2;1-3(2)4;2*1-2/h5-8,10-17,20H,4,9,18H2,1-3H3;3-4H2,1-2H3;1-2H3;2*1-2H3/b10-8+;;;;. The van der Waals surface area contributed by atoms with Crippen molar-refractivity contribution in [2.45, 2.75) is 102 Å². The van der Waals surface area contributed by atoms with Crippen molar-refractivity contribution in [1.29, 1.82) is 0 Å². The number of unbranched alkanes of at least 4 members (excludes halogenated alkanes) is 1. The molecule has 0 fully saturated rings.